The van der Waals surface area contributed by atoms with Crippen LogP contribution in [0.1, 0.15) is 39.8 Å². The Bertz CT molecular complexity index is 750. The molecule has 116 valence electrons. The number of hydrogen-bond acceptors (Lipinski definition) is 4. The van der Waals surface area contributed by atoms with Gasteiger partial charge in [0.25, 0.3) is 11.5 Å². The van der Waals surface area contributed by atoms with Crippen LogP contribution in [-0.2, 0) is 7.05 Å². The number of nitrogens with zero attached hydrogens (tertiary/aromatic N) is 3. The average Bonchev–Trinajstić information content (AvgIpc) is 2.96. The number of hydrogen-bond donors (Lipinski definition) is 0. The SMILES string of the molecule is Cc1csc([C@@H]2CCCN(C(=O)c3ccn(C)c(=O)c3)C2)n1. The minimum absolute atomic E-state index is 0.0596. The molecule has 0 bridgehead atoms. The van der Waals surface area contributed by atoms with Crippen molar-refractivity contribution in [3.05, 3.63) is 50.3 Å². The molecule has 0 aliphatic carbocycles. The van der Waals surface area contributed by atoms with Crippen LogP contribution in [0.15, 0.2) is 28.5 Å². The van der Waals surface area contributed by atoms with Crippen LogP contribution < -0.4 is 5.56 Å². The first-order chi connectivity index (χ1) is 10.5. The van der Waals surface area contributed by atoms with Gasteiger partial charge in [0, 0.05) is 55.0 Å². The number of carbonyl (C=O) groups is 1. The number of amides is 1. The summed E-state index contributed by atoms with van der Waals surface area (Å²) in [6.45, 7) is 3.42. The van der Waals surface area contributed by atoms with Gasteiger partial charge in [0.05, 0.1) is 5.01 Å². The van der Waals surface area contributed by atoms with Gasteiger partial charge in [-0.25, -0.2) is 4.98 Å². The largest absolute Gasteiger partial charge is 0.338 e. The number of rotatable bonds is 2. The third-order valence-corrected chi connectivity index (χ3v) is 5.17. The number of thiazole rings is 1. The summed E-state index contributed by atoms with van der Waals surface area (Å²) in [5, 5.41) is 3.16. The van der Waals surface area contributed by atoms with Gasteiger partial charge in [-0.05, 0) is 25.8 Å². The molecule has 0 radical (unpaired) electrons. The predicted octanol–water partition coefficient (Wildman–Crippen LogP) is 2.17. The molecule has 2 aromatic heterocycles. The van der Waals surface area contributed by atoms with Crippen LogP contribution in [-0.4, -0.2) is 33.4 Å². The second-order valence-electron chi connectivity index (χ2n) is 5.78. The lowest BCUT2D eigenvalue weighted by molar-refractivity contribution is 0.0706. The van der Waals surface area contributed by atoms with E-state index in [2.05, 4.69) is 10.4 Å². The lowest BCUT2D eigenvalue weighted by Crippen LogP contribution is -2.39. The summed E-state index contributed by atoms with van der Waals surface area (Å²) in [4.78, 5) is 30.7. The lowest BCUT2D eigenvalue weighted by atomic mass is 9.98. The summed E-state index contributed by atoms with van der Waals surface area (Å²) >= 11 is 1.67. The van der Waals surface area contributed by atoms with E-state index in [1.165, 1.54) is 10.6 Å². The Morgan fingerprint density at radius 3 is 2.95 bits per heavy atom. The third kappa shape index (κ3) is 2.97. The lowest BCUT2D eigenvalue weighted by Gasteiger charge is -2.31. The number of likely N-dealkylation sites (tertiary alicyclic amines) is 1. The van der Waals surface area contributed by atoms with E-state index in [4.69, 9.17) is 0 Å². The van der Waals surface area contributed by atoms with Gasteiger partial charge in [0.1, 0.15) is 0 Å². The molecule has 22 heavy (non-hydrogen) atoms. The van der Waals surface area contributed by atoms with E-state index < -0.39 is 0 Å². The number of aryl methyl sites for hydroxylation is 2. The third-order valence-electron chi connectivity index (χ3n) is 4.05. The molecule has 3 heterocycles. The van der Waals surface area contributed by atoms with Gasteiger partial charge in [-0.3, -0.25) is 9.59 Å². The second kappa shape index (κ2) is 6.04. The van der Waals surface area contributed by atoms with Crippen LogP contribution in [0.3, 0.4) is 0 Å². The zero-order valence-corrected chi connectivity index (χ0v) is 13.6. The van der Waals surface area contributed by atoms with E-state index in [0.717, 1.165) is 30.1 Å². The van der Waals surface area contributed by atoms with Crippen molar-refractivity contribution < 1.29 is 4.79 Å². The number of pyridine rings is 1. The molecular formula is C16H19N3O2S. The highest BCUT2D eigenvalue weighted by Gasteiger charge is 2.27. The van der Waals surface area contributed by atoms with Crippen LogP contribution in [0, 0.1) is 6.92 Å². The molecule has 1 aliphatic rings. The second-order valence-corrected chi connectivity index (χ2v) is 6.67. The predicted molar refractivity (Wildman–Crippen MR) is 86.4 cm³/mol. The van der Waals surface area contributed by atoms with E-state index in [1.807, 2.05) is 11.8 Å². The van der Waals surface area contributed by atoms with Gasteiger partial charge in [-0.2, -0.15) is 0 Å². The van der Waals surface area contributed by atoms with Gasteiger partial charge in [-0.1, -0.05) is 0 Å². The van der Waals surface area contributed by atoms with Crippen LogP contribution >= 0.6 is 11.3 Å². The topological polar surface area (TPSA) is 55.2 Å². The molecule has 0 saturated carbocycles. The summed E-state index contributed by atoms with van der Waals surface area (Å²) in [5.41, 5.74) is 1.35. The van der Waals surface area contributed by atoms with Crippen molar-refractivity contribution in [2.75, 3.05) is 13.1 Å². The maximum absolute atomic E-state index is 12.6. The summed E-state index contributed by atoms with van der Waals surface area (Å²) in [5.74, 6) is 0.249. The van der Waals surface area contributed by atoms with Crippen molar-refractivity contribution in [2.24, 2.45) is 7.05 Å². The number of piperidine rings is 1. The summed E-state index contributed by atoms with van der Waals surface area (Å²) in [6, 6.07) is 3.13. The van der Waals surface area contributed by atoms with E-state index in [-0.39, 0.29) is 11.5 Å². The molecule has 1 fully saturated rings. The van der Waals surface area contributed by atoms with Gasteiger partial charge in [0.15, 0.2) is 0 Å². The number of aromatic nitrogens is 2. The molecule has 1 atom stereocenters. The van der Waals surface area contributed by atoms with Crippen LogP contribution in [0.4, 0.5) is 0 Å². The van der Waals surface area contributed by atoms with Crippen LogP contribution in [0.25, 0.3) is 0 Å². The zero-order valence-electron chi connectivity index (χ0n) is 12.8. The highest BCUT2D eigenvalue weighted by Crippen LogP contribution is 2.29. The van der Waals surface area contributed by atoms with Gasteiger partial charge in [0.2, 0.25) is 0 Å². The van der Waals surface area contributed by atoms with Crippen molar-refractivity contribution in [3.8, 4) is 0 Å². The normalized spacial score (nSPS) is 18.5. The first kappa shape index (κ1) is 15.0. The van der Waals surface area contributed by atoms with Crippen LogP contribution in [0.2, 0.25) is 0 Å². The standard InChI is InChI=1S/C16H19N3O2S/c1-11-10-22-15(17-11)13-4-3-6-19(9-13)16(21)12-5-7-18(2)14(20)8-12/h5,7-8,10,13H,3-4,6,9H2,1-2H3/t13-/m1/s1. The molecule has 3 rings (SSSR count). The van der Waals surface area contributed by atoms with Crippen molar-refractivity contribution in [3.63, 3.8) is 0 Å². The Morgan fingerprint density at radius 1 is 1.45 bits per heavy atom. The van der Waals surface area contributed by atoms with E-state index in [0.29, 0.717) is 18.0 Å². The first-order valence-corrected chi connectivity index (χ1v) is 8.30. The van der Waals surface area contributed by atoms with Crippen LogP contribution in [0.5, 0.6) is 0 Å². The van der Waals surface area contributed by atoms with Gasteiger partial charge < -0.3 is 9.47 Å². The fourth-order valence-electron chi connectivity index (χ4n) is 2.79. The molecule has 1 saturated heterocycles. The van der Waals surface area contributed by atoms with Gasteiger partial charge >= 0.3 is 0 Å². The smallest absolute Gasteiger partial charge is 0.254 e. The van der Waals surface area contributed by atoms with Crippen molar-refractivity contribution in [1.82, 2.24) is 14.5 Å². The van der Waals surface area contributed by atoms with Crippen molar-refractivity contribution >= 4 is 17.2 Å². The molecule has 5 nitrogen and oxygen atoms in total. The maximum atomic E-state index is 12.6. The first-order valence-electron chi connectivity index (χ1n) is 7.42. The molecule has 0 unspecified atom stereocenters. The van der Waals surface area contributed by atoms with E-state index in [9.17, 15) is 9.59 Å². The minimum Gasteiger partial charge on any atom is -0.338 e. The highest BCUT2D eigenvalue weighted by atomic mass is 32.1. The summed E-state index contributed by atoms with van der Waals surface area (Å²) < 4.78 is 1.47. The Hall–Kier alpha value is -1.95. The van der Waals surface area contributed by atoms with E-state index in [1.54, 1.807) is 30.6 Å². The monoisotopic (exact) mass is 317 g/mol. The Morgan fingerprint density at radius 2 is 2.27 bits per heavy atom. The fraction of sp³-hybridized carbons (Fsp3) is 0.438. The van der Waals surface area contributed by atoms with Crippen molar-refractivity contribution in [2.45, 2.75) is 25.7 Å². The average molecular weight is 317 g/mol. The molecule has 0 spiro atoms. The highest BCUT2D eigenvalue weighted by molar-refractivity contribution is 7.09. The maximum Gasteiger partial charge on any atom is 0.254 e. The molecule has 0 N–H and O–H groups in total. The molecule has 6 heteroatoms. The molecule has 1 amide bonds. The quantitative estimate of drug-likeness (QED) is 0.853. The van der Waals surface area contributed by atoms with E-state index >= 15 is 0 Å². The zero-order chi connectivity index (χ0) is 15.7. The molecular weight excluding hydrogens is 298 g/mol. The summed E-state index contributed by atoms with van der Waals surface area (Å²) in [7, 11) is 1.68. The fourth-order valence-corrected chi connectivity index (χ4v) is 3.71. The Kier molecular flexibility index (Phi) is 4.11. The molecule has 0 aromatic carbocycles. The summed E-state index contributed by atoms with van der Waals surface area (Å²) in [6.07, 6.45) is 3.67. The molecule has 2 aromatic rings. The Balaban J connectivity index is 1.77. The Labute approximate surface area is 133 Å². The van der Waals surface area contributed by atoms with Crippen molar-refractivity contribution in [1.29, 1.82) is 0 Å². The molecule has 1 aliphatic heterocycles. The minimum atomic E-state index is -0.157. The number of carbonyl (C=O) groups excluding carboxylic acids is 1. The van der Waals surface area contributed by atoms with Gasteiger partial charge in [-0.15, -0.1) is 11.3 Å².